The van der Waals surface area contributed by atoms with Crippen LogP contribution >= 0.6 is 15.9 Å². The molecule has 0 radical (unpaired) electrons. The van der Waals surface area contributed by atoms with Crippen LogP contribution < -0.4 is 0 Å². The van der Waals surface area contributed by atoms with Crippen LogP contribution in [0.3, 0.4) is 0 Å². The molecule has 1 heterocycles. The van der Waals surface area contributed by atoms with Crippen LogP contribution in [0.5, 0.6) is 0 Å². The van der Waals surface area contributed by atoms with Crippen molar-refractivity contribution in [2.24, 2.45) is 5.92 Å². The van der Waals surface area contributed by atoms with E-state index in [1.165, 1.54) is 6.07 Å². The van der Waals surface area contributed by atoms with Crippen LogP contribution in [0.1, 0.15) is 18.9 Å². The fourth-order valence-corrected chi connectivity index (χ4v) is 2.46. The quantitative estimate of drug-likeness (QED) is 0.837. The lowest BCUT2D eigenvalue weighted by molar-refractivity contribution is -0.125. The Kier molecular flexibility index (Phi) is 3.94. The second-order valence-electron chi connectivity index (χ2n) is 4.59. The molecule has 1 fully saturated rings. The predicted octanol–water partition coefficient (Wildman–Crippen LogP) is 3.00. The zero-order valence-electron chi connectivity index (χ0n) is 9.75. The van der Waals surface area contributed by atoms with Crippen molar-refractivity contribution in [3.8, 4) is 0 Å². The van der Waals surface area contributed by atoms with Gasteiger partial charge in [-0.3, -0.25) is 9.69 Å². The smallest absolute Gasteiger partial charge is 0.138 e. The number of ketones is 1. The standard InChI is InChI=1S/C13H15BrFNO/c1-9-7-16(5-4-13(9)17)8-10-2-3-11(14)6-12(10)15/h2-3,6,9H,4-5,7-8H2,1H3. The van der Waals surface area contributed by atoms with Crippen LogP contribution in [-0.4, -0.2) is 23.8 Å². The Hall–Kier alpha value is -0.740. The molecule has 92 valence electrons. The first kappa shape index (κ1) is 12.7. The lowest BCUT2D eigenvalue weighted by Gasteiger charge is -2.30. The number of hydrogen-bond acceptors (Lipinski definition) is 2. The Balaban J connectivity index is 2.03. The summed E-state index contributed by atoms with van der Waals surface area (Å²) in [6, 6.07) is 5.12. The van der Waals surface area contributed by atoms with Crippen LogP contribution in [0.15, 0.2) is 22.7 Å². The summed E-state index contributed by atoms with van der Waals surface area (Å²) < 4.78 is 14.4. The molecule has 0 amide bonds. The molecule has 0 spiro atoms. The Morgan fingerprint density at radius 1 is 1.53 bits per heavy atom. The predicted molar refractivity (Wildman–Crippen MR) is 68.2 cm³/mol. The third-order valence-electron chi connectivity index (χ3n) is 3.17. The Bertz CT molecular complexity index is 435. The minimum Gasteiger partial charge on any atom is -0.299 e. The van der Waals surface area contributed by atoms with Gasteiger partial charge < -0.3 is 0 Å². The molecule has 1 aliphatic heterocycles. The van der Waals surface area contributed by atoms with E-state index in [4.69, 9.17) is 0 Å². The lowest BCUT2D eigenvalue weighted by Crippen LogP contribution is -2.39. The molecule has 1 aliphatic rings. The molecule has 17 heavy (non-hydrogen) atoms. The molecular weight excluding hydrogens is 285 g/mol. The SMILES string of the molecule is CC1CN(Cc2ccc(Br)cc2F)CCC1=O. The van der Waals surface area contributed by atoms with Gasteiger partial charge in [0.05, 0.1) is 0 Å². The summed E-state index contributed by atoms with van der Waals surface area (Å²) in [6.07, 6.45) is 0.583. The molecule has 0 N–H and O–H groups in total. The number of hydrogen-bond donors (Lipinski definition) is 0. The summed E-state index contributed by atoms with van der Waals surface area (Å²) in [7, 11) is 0. The van der Waals surface area contributed by atoms with E-state index < -0.39 is 0 Å². The zero-order chi connectivity index (χ0) is 12.4. The molecular formula is C13H15BrFNO. The van der Waals surface area contributed by atoms with Gasteiger partial charge in [-0.2, -0.15) is 0 Å². The Morgan fingerprint density at radius 3 is 2.94 bits per heavy atom. The molecule has 1 saturated heterocycles. The van der Waals surface area contributed by atoms with Crippen molar-refractivity contribution < 1.29 is 9.18 Å². The van der Waals surface area contributed by atoms with Gasteiger partial charge in [0, 0.05) is 42.0 Å². The van der Waals surface area contributed by atoms with Crippen LogP contribution in [0.4, 0.5) is 4.39 Å². The molecule has 1 unspecified atom stereocenters. The van der Waals surface area contributed by atoms with Crippen molar-refractivity contribution in [3.63, 3.8) is 0 Å². The van der Waals surface area contributed by atoms with Crippen LogP contribution in [0.25, 0.3) is 0 Å². The van der Waals surface area contributed by atoms with Crippen molar-refractivity contribution in [1.82, 2.24) is 4.90 Å². The van der Waals surface area contributed by atoms with Crippen molar-refractivity contribution >= 4 is 21.7 Å². The van der Waals surface area contributed by atoms with Gasteiger partial charge in [-0.15, -0.1) is 0 Å². The summed E-state index contributed by atoms with van der Waals surface area (Å²) in [6.45, 7) is 3.98. The van der Waals surface area contributed by atoms with Crippen LogP contribution in [0.2, 0.25) is 0 Å². The van der Waals surface area contributed by atoms with Crippen LogP contribution in [0, 0.1) is 11.7 Å². The highest BCUT2D eigenvalue weighted by atomic mass is 79.9. The number of benzene rings is 1. The molecule has 1 atom stereocenters. The minimum atomic E-state index is -0.191. The largest absolute Gasteiger partial charge is 0.299 e. The first-order chi connectivity index (χ1) is 8.06. The monoisotopic (exact) mass is 299 g/mol. The average Bonchev–Trinajstić information content (AvgIpc) is 2.27. The van der Waals surface area contributed by atoms with E-state index in [1.807, 2.05) is 13.0 Å². The van der Waals surface area contributed by atoms with Crippen molar-refractivity contribution in [2.45, 2.75) is 19.9 Å². The van der Waals surface area contributed by atoms with Crippen molar-refractivity contribution in [2.75, 3.05) is 13.1 Å². The maximum atomic E-state index is 13.7. The molecule has 2 nitrogen and oxygen atoms in total. The maximum Gasteiger partial charge on any atom is 0.138 e. The molecule has 0 saturated carbocycles. The summed E-state index contributed by atoms with van der Waals surface area (Å²) in [4.78, 5) is 13.5. The number of piperidine rings is 1. The summed E-state index contributed by atoms with van der Waals surface area (Å²) in [5.41, 5.74) is 0.690. The first-order valence-corrected chi connectivity index (χ1v) is 6.54. The fourth-order valence-electron chi connectivity index (χ4n) is 2.13. The van der Waals surface area contributed by atoms with Gasteiger partial charge in [0.25, 0.3) is 0 Å². The number of carbonyl (C=O) groups is 1. The summed E-state index contributed by atoms with van der Waals surface area (Å²) in [5, 5.41) is 0. The highest BCUT2D eigenvalue weighted by molar-refractivity contribution is 9.10. The normalized spacial score (nSPS) is 21.8. The van der Waals surface area contributed by atoms with Gasteiger partial charge in [-0.1, -0.05) is 28.9 Å². The number of rotatable bonds is 2. The lowest BCUT2D eigenvalue weighted by atomic mass is 9.98. The van der Waals surface area contributed by atoms with E-state index in [2.05, 4.69) is 20.8 Å². The van der Waals surface area contributed by atoms with Gasteiger partial charge in [-0.25, -0.2) is 4.39 Å². The van der Waals surface area contributed by atoms with E-state index in [9.17, 15) is 9.18 Å². The van der Waals surface area contributed by atoms with Gasteiger partial charge in [0.15, 0.2) is 0 Å². The second-order valence-corrected chi connectivity index (χ2v) is 5.50. The molecule has 1 aromatic rings. The van der Waals surface area contributed by atoms with Crippen molar-refractivity contribution in [3.05, 3.63) is 34.1 Å². The Morgan fingerprint density at radius 2 is 2.29 bits per heavy atom. The summed E-state index contributed by atoms with van der Waals surface area (Å²) in [5.74, 6) is 0.198. The van der Waals surface area contributed by atoms with Gasteiger partial charge in [0.2, 0.25) is 0 Å². The van der Waals surface area contributed by atoms with Crippen LogP contribution in [-0.2, 0) is 11.3 Å². The fraction of sp³-hybridized carbons (Fsp3) is 0.462. The first-order valence-electron chi connectivity index (χ1n) is 5.75. The van der Waals surface area contributed by atoms with Gasteiger partial charge >= 0.3 is 0 Å². The highest BCUT2D eigenvalue weighted by Crippen LogP contribution is 2.19. The third kappa shape index (κ3) is 3.13. The third-order valence-corrected chi connectivity index (χ3v) is 3.66. The van der Waals surface area contributed by atoms with E-state index in [0.29, 0.717) is 24.3 Å². The number of Topliss-reactive ketones (excluding diaryl/α,β-unsaturated/α-hetero) is 1. The van der Waals surface area contributed by atoms with Gasteiger partial charge in [0.1, 0.15) is 11.6 Å². The van der Waals surface area contributed by atoms with E-state index in [1.54, 1.807) is 6.07 Å². The maximum absolute atomic E-state index is 13.7. The molecule has 0 bridgehead atoms. The number of halogens is 2. The topological polar surface area (TPSA) is 20.3 Å². The number of likely N-dealkylation sites (tertiary alicyclic amines) is 1. The van der Waals surface area contributed by atoms with E-state index in [0.717, 1.165) is 17.6 Å². The zero-order valence-corrected chi connectivity index (χ0v) is 11.3. The molecule has 0 aliphatic carbocycles. The number of nitrogens with zero attached hydrogens (tertiary/aromatic N) is 1. The highest BCUT2D eigenvalue weighted by Gasteiger charge is 2.23. The van der Waals surface area contributed by atoms with Gasteiger partial charge in [-0.05, 0) is 12.1 Å². The summed E-state index contributed by atoms with van der Waals surface area (Å²) >= 11 is 3.24. The molecule has 4 heteroatoms. The molecule has 1 aromatic carbocycles. The van der Waals surface area contributed by atoms with Crippen molar-refractivity contribution in [1.29, 1.82) is 0 Å². The second kappa shape index (κ2) is 5.27. The molecule has 0 aromatic heterocycles. The average molecular weight is 300 g/mol. The minimum absolute atomic E-state index is 0.0715. The Labute approximate surface area is 109 Å². The molecule has 2 rings (SSSR count). The van der Waals surface area contributed by atoms with E-state index >= 15 is 0 Å². The van der Waals surface area contributed by atoms with E-state index in [-0.39, 0.29) is 11.7 Å². The number of carbonyl (C=O) groups excluding carboxylic acids is 1.